The molecule has 1 aromatic heterocycles. The highest BCUT2D eigenvalue weighted by molar-refractivity contribution is 7.89. The zero-order valence-electron chi connectivity index (χ0n) is 10.1. The minimum absolute atomic E-state index is 0.00693. The molecule has 3 rings (SSSR count). The van der Waals surface area contributed by atoms with Crippen LogP contribution in [-0.2, 0) is 14.8 Å². The van der Waals surface area contributed by atoms with E-state index in [2.05, 4.69) is 10.3 Å². The molecule has 2 bridgehead atoms. The molecule has 4 N–H and O–H groups in total. The van der Waals surface area contributed by atoms with Gasteiger partial charge in [-0.1, -0.05) is 0 Å². The monoisotopic (exact) mass is 285 g/mol. The number of ether oxygens (including phenoxy) is 1. The fourth-order valence-electron chi connectivity index (χ4n) is 2.71. The van der Waals surface area contributed by atoms with Crippen molar-refractivity contribution in [2.75, 3.05) is 0 Å². The van der Waals surface area contributed by atoms with Crippen LogP contribution in [0.15, 0.2) is 17.2 Å². The van der Waals surface area contributed by atoms with Crippen molar-refractivity contribution in [3.05, 3.63) is 18.0 Å². The van der Waals surface area contributed by atoms with Gasteiger partial charge < -0.3 is 15.0 Å². The van der Waals surface area contributed by atoms with Gasteiger partial charge in [0, 0.05) is 6.20 Å². The Morgan fingerprint density at radius 2 is 2.26 bits per heavy atom. The number of aromatic amines is 1. The highest BCUT2D eigenvalue weighted by atomic mass is 32.2. The molecule has 3 heterocycles. The summed E-state index contributed by atoms with van der Waals surface area (Å²) in [6.07, 6.45) is 4.37. The maximum absolute atomic E-state index is 12.0. The number of hydrogen-bond acceptors (Lipinski definition) is 4. The minimum Gasteiger partial charge on any atom is -0.373 e. The quantitative estimate of drug-likeness (QED) is 0.708. The van der Waals surface area contributed by atoms with Gasteiger partial charge in [-0.2, -0.15) is 0 Å². The number of rotatable bonds is 3. The second-order valence-corrected chi connectivity index (χ2v) is 6.55. The zero-order chi connectivity index (χ0) is 13.6. The van der Waals surface area contributed by atoms with Crippen LogP contribution in [0.2, 0.25) is 0 Å². The SMILES string of the molecule is NS(=O)(=O)c1c[nH]c(C(=O)NC2CC3CCC2O3)c1. The summed E-state index contributed by atoms with van der Waals surface area (Å²) >= 11 is 0. The predicted molar refractivity (Wildman–Crippen MR) is 65.9 cm³/mol. The molecule has 3 unspecified atom stereocenters. The Balaban J connectivity index is 1.69. The van der Waals surface area contributed by atoms with Gasteiger partial charge in [-0.05, 0) is 25.3 Å². The summed E-state index contributed by atoms with van der Waals surface area (Å²) in [4.78, 5) is 14.5. The third-order valence-corrected chi connectivity index (χ3v) is 4.54. The number of nitrogens with one attached hydrogen (secondary N) is 2. The van der Waals surface area contributed by atoms with Crippen molar-refractivity contribution in [3.8, 4) is 0 Å². The smallest absolute Gasteiger partial charge is 0.268 e. The standard InChI is InChI=1S/C11H15N3O4S/c12-19(16,17)7-4-9(13-5-7)11(15)14-8-3-6-1-2-10(8)18-6/h4-6,8,10,13H,1-3H2,(H,14,15)(H2,12,16,17). The second-order valence-electron chi connectivity index (χ2n) is 4.98. The topological polar surface area (TPSA) is 114 Å². The first-order valence-corrected chi connectivity index (χ1v) is 7.65. The van der Waals surface area contributed by atoms with Gasteiger partial charge in [-0.15, -0.1) is 0 Å². The van der Waals surface area contributed by atoms with Gasteiger partial charge in [0.2, 0.25) is 10.0 Å². The molecule has 7 nitrogen and oxygen atoms in total. The molecule has 0 radical (unpaired) electrons. The van der Waals surface area contributed by atoms with E-state index in [1.807, 2.05) is 0 Å². The molecule has 2 aliphatic heterocycles. The van der Waals surface area contributed by atoms with Crippen LogP contribution in [0.3, 0.4) is 0 Å². The summed E-state index contributed by atoms with van der Waals surface area (Å²) in [7, 11) is -3.79. The normalized spacial score (nSPS) is 29.6. The average Bonchev–Trinajstić information content (AvgIpc) is 3.03. The fourth-order valence-corrected chi connectivity index (χ4v) is 3.21. The van der Waals surface area contributed by atoms with Crippen molar-refractivity contribution >= 4 is 15.9 Å². The third-order valence-electron chi connectivity index (χ3n) is 3.65. The number of nitrogens with two attached hydrogens (primary N) is 1. The van der Waals surface area contributed by atoms with Crippen LogP contribution < -0.4 is 10.5 Å². The molecular formula is C11H15N3O4S. The van der Waals surface area contributed by atoms with E-state index in [4.69, 9.17) is 9.88 Å². The molecule has 1 amide bonds. The Bertz CT molecular complexity index is 609. The van der Waals surface area contributed by atoms with Crippen LogP contribution in [-0.4, -0.2) is 37.6 Å². The lowest BCUT2D eigenvalue weighted by Crippen LogP contribution is -2.41. The average molecular weight is 285 g/mol. The Kier molecular flexibility index (Phi) is 2.88. The number of fused-ring (bicyclic) bond motifs is 2. The lowest BCUT2D eigenvalue weighted by molar-refractivity contribution is 0.0838. The molecule has 0 spiro atoms. The molecule has 0 saturated carbocycles. The van der Waals surface area contributed by atoms with Crippen molar-refractivity contribution in [1.82, 2.24) is 10.3 Å². The first kappa shape index (κ1) is 12.6. The van der Waals surface area contributed by atoms with Crippen LogP contribution >= 0.6 is 0 Å². The summed E-state index contributed by atoms with van der Waals surface area (Å²) in [5, 5.41) is 7.84. The molecule has 0 aromatic carbocycles. The van der Waals surface area contributed by atoms with Gasteiger partial charge in [0.05, 0.1) is 23.1 Å². The highest BCUT2D eigenvalue weighted by Gasteiger charge is 2.41. The molecule has 8 heteroatoms. The van der Waals surface area contributed by atoms with E-state index in [1.165, 1.54) is 12.3 Å². The second kappa shape index (κ2) is 4.32. The number of aromatic nitrogens is 1. The number of carbonyl (C=O) groups excluding carboxylic acids is 1. The van der Waals surface area contributed by atoms with Crippen molar-refractivity contribution in [2.45, 2.75) is 42.4 Å². The van der Waals surface area contributed by atoms with Crippen LogP contribution in [0, 0.1) is 0 Å². The molecule has 19 heavy (non-hydrogen) atoms. The lowest BCUT2D eigenvalue weighted by Gasteiger charge is -2.19. The molecule has 2 fully saturated rings. The Hall–Kier alpha value is -1.38. The molecule has 2 aliphatic rings. The van der Waals surface area contributed by atoms with Crippen LogP contribution in [0.1, 0.15) is 29.8 Å². The van der Waals surface area contributed by atoms with E-state index in [-0.39, 0.29) is 34.7 Å². The minimum atomic E-state index is -3.79. The van der Waals surface area contributed by atoms with Gasteiger partial charge >= 0.3 is 0 Å². The van der Waals surface area contributed by atoms with Gasteiger partial charge in [0.25, 0.3) is 5.91 Å². The summed E-state index contributed by atoms with van der Waals surface area (Å²) < 4.78 is 27.9. The maximum atomic E-state index is 12.0. The third kappa shape index (κ3) is 2.38. The van der Waals surface area contributed by atoms with Crippen LogP contribution in [0.4, 0.5) is 0 Å². The molecule has 1 aromatic rings. The zero-order valence-corrected chi connectivity index (χ0v) is 10.9. The van der Waals surface area contributed by atoms with E-state index in [1.54, 1.807) is 0 Å². The predicted octanol–water partition coefficient (Wildman–Crippen LogP) is -0.288. The van der Waals surface area contributed by atoms with E-state index in [0.717, 1.165) is 19.3 Å². The number of hydrogen-bond donors (Lipinski definition) is 3. The van der Waals surface area contributed by atoms with Gasteiger partial charge in [0.15, 0.2) is 0 Å². The van der Waals surface area contributed by atoms with E-state index >= 15 is 0 Å². The lowest BCUT2D eigenvalue weighted by atomic mass is 9.95. The summed E-state index contributed by atoms with van der Waals surface area (Å²) in [5.41, 5.74) is 0.187. The van der Waals surface area contributed by atoms with Crippen molar-refractivity contribution in [2.24, 2.45) is 5.14 Å². The van der Waals surface area contributed by atoms with Gasteiger partial charge in [0.1, 0.15) is 5.69 Å². The highest BCUT2D eigenvalue weighted by Crippen LogP contribution is 2.34. The van der Waals surface area contributed by atoms with E-state index in [9.17, 15) is 13.2 Å². The molecule has 3 atom stereocenters. The summed E-state index contributed by atoms with van der Waals surface area (Å²) in [6, 6.07) is 1.24. The number of sulfonamides is 1. The molecule has 0 aliphatic carbocycles. The number of primary sulfonamides is 1. The van der Waals surface area contributed by atoms with Crippen LogP contribution in [0.5, 0.6) is 0 Å². The number of amides is 1. The largest absolute Gasteiger partial charge is 0.373 e. The van der Waals surface area contributed by atoms with Crippen molar-refractivity contribution < 1.29 is 17.9 Å². The van der Waals surface area contributed by atoms with Gasteiger partial charge in [-0.3, -0.25) is 4.79 Å². The van der Waals surface area contributed by atoms with Crippen molar-refractivity contribution in [1.29, 1.82) is 0 Å². The molecule has 104 valence electrons. The van der Waals surface area contributed by atoms with Crippen molar-refractivity contribution in [3.63, 3.8) is 0 Å². The number of carbonyl (C=O) groups is 1. The summed E-state index contributed by atoms with van der Waals surface area (Å²) in [6.45, 7) is 0. The molecule has 2 saturated heterocycles. The Morgan fingerprint density at radius 1 is 1.47 bits per heavy atom. The first-order chi connectivity index (χ1) is 8.93. The van der Waals surface area contributed by atoms with E-state index in [0.29, 0.717) is 0 Å². The van der Waals surface area contributed by atoms with E-state index < -0.39 is 10.0 Å². The molecular weight excluding hydrogens is 270 g/mol. The summed E-state index contributed by atoms with van der Waals surface area (Å²) in [5.74, 6) is -0.337. The maximum Gasteiger partial charge on any atom is 0.268 e. The number of H-pyrrole nitrogens is 1. The fraction of sp³-hybridized carbons (Fsp3) is 0.545. The van der Waals surface area contributed by atoms with Crippen LogP contribution in [0.25, 0.3) is 0 Å². The van der Waals surface area contributed by atoms with Gasteiger partial charge in [-0.25, -0.2) is 13.6 Å². The Labute approximate surface area is 110 Å². The Morgan fingerprint density at radius 3 is 2.79 bits per heavy atom. The first-order valence-electron chi connectivity index (χ1n) is 6.11.